The first-order valence-electron chi connectivity index (χ1n) is 11.6. The molecule has 0 aliphatic rings. The van der Waals surface area contributed by atoms with Gasteiger partial charge in [0.15, 0.2) is 8.68 Å². The van der Waals surface area contributed by atoms with Gasteiger partial charge in [0.25, 0.3) is 0 Å². The molecule has 0 aliphatic heterocycles. The van der Waals surface area contributed by atoms with E-state index in [1.165, 1.54) is 46.2 Å². The monoisotopic (exact) mass is 602 g/mol. The molecule has 0 saturated heterocycles. The molecule has 0 bridgehead atoms. The SMILES string of the molecule is Cc1nnc(SCC(=O)Nc2ccc(C(C)(C)c3ccc(NC(=O)CSc4nnc(C)s4)c(O)c3)cc2O)s1. The first kappa shape index (κ1) is 28.8. The number of aromatic nitrogens is 4. The minimum absolute atomic E-state index is 0.0677. The second-order valence-corrected chi connectivity index (χ2v) is 13.7. The van der Waals surface area contributed by atoms with Crippen molar-refractivity contribution >= 4 is 69.4 Å². The number of nitrogens with zero attached hydrogens (tertiary/aromatic N) is 4. The summed E-state index contributed by atoms with van der Waals surface area (Å²) < 4.78 is 1.42. The van der Waals surface area contributed by atoms with Crippen LogP contribution in [0.15, 0.2) is 45.1 Å². The zero-order valence-corrected chi connectivity index (χ0v) is 24.8. The fourth-order valence-electron chi connectivity index (χ4n) is 3.52. The van der Waals surface area contributed by atoms with E-state index in [9.17, 15) is 19.8 Å². The Bertz CT molecular complexity index is 1390. The van der Waals surface area contributed by atoms with Gasteiger partial charge >= 0.3 is 0 Å². The number of carbonyl (C=O) groups is 2. The molecule has 39 heavy (non-hydrogen) atoms. The number of aryl methyl sites for hydroxylation is 2. The lowest BCUT2D eigenvalue weighted by molar-refractivity contribution is -0.114. The molecule has 0 aliphatic carbocycles. The Morgan fingerprint density at radius 2 is 1.18 bits per heavy atom. The lowest BCUT2D eigenvalue weighted by Gasteiger charge is -2.27. The van der Waals surface area contributed by atoms with Crippen LogP contribution < -0.4 is 10.6 Å². The number of hydrogen-bond acceptors (Lipinski definition) is 12. The molecule has 0 radical (unpaired) electrons. The minimum Gasteiger partial charge on any atom is -0.506 e. The van der Waals surface area contributed by atoms with Crippen LogP contribution in [-0.2, 0) is 15.0 Å². The topological polar surface area (TPSA) is 150 Å². The Labute approximate surface area is 241 Å². The Kier molecular flexibility index (Phi) is 9.10. The summed E-state index contributed by atoms with van der Waals surface area (Å²) in [6.07, 6.45) is 0. The number of aromatic hydroxyl groups is 2. The molecule has 0 unspecified atom stereocenters. The van der Waals surface area contributed by atoms with Gasteiger partial charge in [-0.25, -0.2) is 0 Å². The standard InChI is InChI=1S/C25H26N6O4S4/c1-13-28-30-23(38-13)36-11-21(34)26-17-7-5-15(9-19(17)32)25(3,4)16-6-8-18(20(33)10-16)27-22(35)12-37-24-31-29-14(2)39-24/h5-10,32-33H,11-12H2,1-4H3,(H,26,34)(H,27,35). The number of amides is 2. The molecule has 10 nitrogen and oxygen atoms in total. The molecular formula is C25H26N6O4S4. The molecule has 0 fully saturated rings. The molecule has 0 atom stereocenters. The quantitative estimate of drug-likeness (QED) is 0.141. The van der Waals surface area contributed by atoms with Crippen LogP contribution in [0.25, 0.3) is 0 Å². The highest BCUT2D eigenvalue weighted by molar-refractivity contribution is 8.01. The van der Waals surface area contributed by atoms with Crippen molar-refractivity contribution in [3.8, 4) is 11.5 Å². The van der Waals surface area contributed by atoms with Gasteiger partial charge in [0.1, 0.15) is 21.5 Å². The largest absolute Gasteiger partial charge is 0.506 e. The molecule has 14 heteroatoms. The van der Waals surface area contributed by atoms with Crippen LogP contribution in [0.5, 0.6) is 11.5 Å². The molecule has 2 aromatic carbocycles. The third-order valence-corrected chi connectivity index (χ3v) is 9.60. The van der Waals surface area contributed by atoms with Gasteiger partial charge in [-0.05, 0) is 49.2 Å². The van der Waals surface area contributed by atoms with E-state index in [-0.39, 0.29) is 34.8 Å². The average Bonchev–Trinajstić information content (AvgIpc) is 3.51. The smallest absolute Gasteiger partial charge is 0.234 e. The zero-order chi connectivity index (χ0) is 28.2. The van der Waals surface area contributed by atoms with Crippen LogP contribution in [-0.4, -0.2) is 53.9 Å². The number of phenolic OH excluding ortho intramolecular Hbond substituents is 2. The lowest BCUT2D eigenvalue weighted by atomic mass is 9.78. The number of hydrogen-bond donors (Lipinski definition) is 4. The first-order chi connectivity index (χ1) is 18.5. The van der Waals surface area contributed by atoms with Gasteiger partial charge in [-0.1, -0.05) is 72.2 Å². The summed E-state index contributed by atoms with van der Waals surface area (Å²) in [5.41, 5.74) is 1.55. The molecule has 2 aromatic heterocycles. The van der Waals surface area contributed by atoms with Gasteiger partial charge in [-0.2, -0.15) is 0 Å². The molecule has 4 N–H and O–H groups in total. The van der Waals surface area contributed by atoms with Gasteiger partial charge in [-0.15, -0.1) is 20.4 Å². The van der Waals surface area contributed by atoms with E-state index in [2.05, 4.69) is 31.0 Å². The predicted octanol–water partition coefficient (Wildman–Crippen LogP) is 5.21. The second kappa shape index (κ2) is 12.3. The lowest BCUT2D eigenvalue weighted by Crippen LogP contribution is -2.20. The maximum atomic E-state index is 12.4. The average molecular weight is 603 g/mol. The number of benzene rings is 2. The predicted molar refractivity (Wildman–Crippen MR) is 156 cm³/mol. The van der Waals surface area contributed by atoms with Crippen molar-refractivity contribution in [1.82, 2.24) is 20.4 Å². The van der Waals surface area contributed by atoms with Crippen LogP contribution in [0.2, 0.25) is 0 Å². The van der Waals surface area contributed by atoms with Crippen LogP contribution in [0.1, 0.15) is 35.0 Å². The summed E-state index contributed by atoms with van der Waals surface area (Å²) in [6, 6.07) is 10.1. The second-order valence-electron chi connectivity index (χ2n) is 8.94. The molecule has 2 heterocycles. The van der Waals surface area contributed by atoms with E-state index < -0.39 is 5.41 Å². The van der Waals surface area contributed by atoms with Gasteiger partial charge in [0, 0.05) is 5.41 Å². The fraction of sp³-hybridized carbons (Fsp3) is 0.280. The van der Waals surface area contributed by atoms with Crippen molar-refractivity contribution < 1.29 is 19.8 Å². The molecule has 2 amide bonds. The Morgan fingerprint density at radius 1 is 0.769 bits per heavy atom. The molecule has 0 spiro atoms. The van der Waals surface area contributed by atoms with Crippen LogP contribution in [0.4, 0.5) is 11.4 Å². The van der Waals surface area contributed by atoms with Crippen molar-refractivity contribution in [2.24, 2.45) is 0 Å². The number of rotatable bonds is 10. The number of phenols is 2. The van der Waals surface area contributed by atoms with Crippen molar-refractivity contribution in [3.63, 3.8) is 0 Å². The molecular weight excluding hydrogens is 577 g/mol. The van der Waals surface area contributed by atoms with Crippen LogP contribution >= 0.6 is 46.2 Å². The highest BCUT2D eigenvalue weighted by Crippen LogP contribution is 2.38. The minimum atomic E-state index is -0.600. The Hall–Kier alpha value is -3.20. The molecule has 4 rings (SSSR count). The maximum Gasteiger partial charge on any atom is 0.234 e. The van der Waals surface area contributed by atoms with Crippen molar-refractivity contribution in [2.75, 3.05) is 22.1 Å². The third-order valence-electron chi connectivity index (χ3n) is 5.66. The van der Waals surface area contributed by atoms with Gasteiger partial charge in [-0.3, -0.25) is 9.59 Å². The number of anilines is 2. The van der Waals surface area contributed by atoms with E-state index in [1.54, 1.807) is 24.3 Å². The Morgan fingerprint density at radius 3 is 1.51 bits per heavy atom. The van der Waals surface area contributed by atoms with Gasteiger partial charge < -0.3 is 20.8 Å². The number of thioether (sulfide) groups is 2. The highest BCUT2D eigenvalue weighted by atomic mass is 32.2. The van der Waals surface area contributed by atoms with Crippen molar-refractivity contribution in [2.45, 2.75) is 41.8 Å². The van der Waals surface area contributed by atoms with Crippen molar-refractivity contribution in [1.29, 1.82) is 0 Å². The molecule has 0 saturated carbocycles. The van der Waals surface area contributed by atoms with Crippen molar-refractivity contribution in [3.05, 3.63) is 57.5 Å². The summed E-state index contributed by atoms with van der Waals surface area (Å²) >= 11 is 5.40. The molecule has 204 valence electrons. The van der Waals surface area contributed by atoms with Gasteiger partial charge in [0.05, 0.1) is 22.9 Å². The van der Waals surface area contributed by atoms with Crippen LogP contribution in [0.3, 0.4) is 0 Å². The van der Waals surface area contributed by atoms with E-state index in [4.69, 9.17) is 0 Å². The van der Waals surface area contributed by atoms with E-state index in [0.29, 0.717) is 20.1 Å². The van der Waals surface area contributed by atoms with Crippen LogP contribution in [0, 0.1) is 13.8 Å². The normalized spacial score (nSPS) is 11.4. The zero-order valence-electron chi connectivity index (χ0n) is 21.5. The van der Waals surface area contributed by atoms with E-state index in [0.717, 1.165) is 21.1 Å². The van der Waals surface area contributed by atoms with E-state index >= 15 is 0 Å². The molecule has 4 aromatic rings. The highest BCUT2D eigenvalue weighted by Gasteiger charge is 2.26. The summed E-state index contributed by atoms with van der Waals surface area (Å²) in [7, 11) is 0. The summed E-state index contributed by atoms with van der Waals surface area (Å²) in [6.45, 7) is 7.60. The first-order valence-corrected chi connectivity index (χ1v) is 15.2. The van der Waals surface area contributed by atoms with E-state index in [1.807, 2.05) is 39.8 Å². The number of nitrogens with one attached hydrogen (secondary N) is 2. The maximum absolute atomic E-state index is 12.4. The summed E-state index contributed by atoms with van der Waals surface area (Å²) in [4.78, 5) is 24.7. The Balaban J connectivity index is 1.38. The summed E-state index contributed by atoms with van der Waals surface area (Å²) in [5.74, 6) is -0.388. The van der Waals surface area contributed by atoms with Gasteiger partial charge in [0.2, 0.25) is 11.8 Å². The summed E-state index contributed by atoms with van der Waals surface area (Å²) in [5, 5.41) is 44.2. The third kappa shape index (κ3) is 7.47. The number of carbonyl (C=O) groups excluding carboxylic acids is 2. The fourth-order valence-corrected chi connectivity index (χ4v) is 6.75.